The molecular weight excluding hydrogens is 757 g/mol. The first-order valence-corrected chi connectivity index (χ1v) is 22.7. The fraction of sp³-hybridized carbons (Fsp3) is 0.175. The Kier molecular flexibility index (Phi) is 8.77. The van der Waals surface area contributed by atoms with E-state index in [0.29, 0.717) is 0 Å². The van der Waals surface area contributed by atoms with Crippen LogP contribution in [-0.2, 0) is 16.2 Å². The van der Waals surface area contributed by atoms with Crippen molar-refractivity contribution in [3.63, 3.8) is 0 Å². The molecule has 0 aromatic heterocycles. The second-order valence-electron chi connectivity index (χ2n) is 20.6. The lowest BCUT2D eigenvalue weighted by Crippen LogP contribution is -2.15. The highest BCUT2D eigenvalue weighted by Gasteiger charge is 2.36. The zero-order chi connectivity index (χ0) is 43.4. The molecule has 11 rings (SSSR count). The molecule has 0 radical (unpaired) electrons. The first kappa shape index (κ1) is 39.1. The van der Waals surface area contributed by atoms with Crippen molar-refractivity contribution in [1.82, 2.24) is 0 Å². The molecule has 0 saturated carbocycles. The molecule has 306 valence electrons. The quantitative estimate of drug-likeness (QED) is 0.155. The summed E-state index contributed by atoms with van der Waals surface area (Å²) in [5.41, 5.74) is 18.2. The Labute approximate surface area is 372 Å². The largest absolute Gasteiger partial charge is 0.0622 e. The maximum absolute atomic E-state index is 2.48. The lowest BCUT2D eigenvalue weighted by atomic mass is 9.79. The number of hydrogen-bond acceptors (Lipinski definition) is 0. The molecule has 0 aliphatic heterocycles. The molecular formula is C63H54. The van der Waals surface area contributed by atoms with Gasteiger partial charge in [-0.15, -0.1) is 0 Å². The minimum atomic E-state index is -0.104. The highest BCUT2D eigenvalue weighted by atomic mass is 14.4. The van der Waals surface area contributed by atoms with Crippen LogP contribution in [-0.4, -0.2) is 0 Å². The minimum absolute atomic E-state index is 0.0000699. The summed E-state index contributed by atoms with van der Waals surface area (Å²) >= 11 is 0. The predicted molar refractivity (Wildman–Crippen MR) is 273 cm³/mol. The normalized spacial score (nSPS) is 13.5. The highest BCUT2D eigenvalue weighted by molar-refractivity contribution is 6.22. The van der Waals surface area contributed by atoms with Crippen LogP contribution in [0.2, 0.25) is 0 Å². The van der Waals surface area contributed by atoms with Crippen LogP contribution in [0.25, 0.3) is 98.7 Å². The van der Waals surface area contributed by atoms with Crippen molar-refractivity contribution in [1.29, 1.82) is 0 Å². The van der Waals surface area contributed by atoms with E-state index in [4.69, 9.17) is 0 Å². The van der Waals surface area contributed by atoms with Crippen LogP contribution < -0.4 is 0 Å². The fourth-order valence-electron chi connectivity index (χ4n) is 10.4. The summed E-state index contributed by atoms with van der Waals surface area (Å²) in [6.45, 7) is 18.7. The number of hydrogen-bond donors (Lipinski definition) is 0. The van der Waals surface area contributed by atoms with Gasteiger partial charge in [-0.2, -0.15) is 0 Å². The van der Waals surface area contributed by atoms with E-state index >= 15 is 0 Å². The van der Waals surface area contributed by atoms with Crippen molar-refractivity contribution in [2.75, 3.05) is 0 Å². The van der Waals surface area contributed by atoms with Crippen molar-refractivity contribution in [3.8, 4) is 55.6 Å². The molecule has 0 N–H and O–H groups in total. The number of benzene rings is 10. The molecule has 1 aliphatic rings. The van der Waals surface area contributed by atoms with Gasteiger partial charge in [0.25, 0.3) is 0 Å². The third-order valence-corrected chi connectivity index (χ3v) is 14.1. The third-order valence-electron chi connectivity index (χ3n) is 14.1. The summed E-state index contributed by atoms with van der Waals surface area (Å²) in [5.74, 6) is 0. The lowest BCUT2D eigenvalue weighted by molar-refractivity contribution is 0.590. The van der Waals surface area contributed by atoms with Crippen molar-refractivity contribution < 1.29 is 0 Å². The van der Waals surface area contributed by atoms with Gasteiger partial charge in [-0.3, -0.25) is 0 Å². The maximum Gasteiger partial charge on any atom is 0.0159 e. The van der Waals surface area contributed by atoms with Crippen LogP contribution in [0.15, 0.2) is 182 Å². The third kappa shape index (κ3) is 6.50. The maximum atomic E-state index is 2.48. The van der Waals surface area contributed by atoms with Crippen LogP contribution in [0.5, 0.6) is 0 Å². The Hall–Kier alpha value is -6.76. The number of rotatable bonds is 4. The van der Waals surface area contributed by atoms with E-state index in [2.05, 4.69) is 237 Å². The Morgan fingerprint density at radius 2 is 0.698 bits per heavy atom. The van der Waals surface area contributed by atoms with Gasteiger partial charge in [0, 0.05) is 5.41 Å². The first-order chi connectivity index (χ1) is 30.2. The van der Waals surface area contributed by atoms with Gasteiger partial charge in [0.15, 0.2) is 0 Å². The van der Waals surface area contributed by atoms with Gasteiger partial charge in [0.2, 0.25) is 0 Å². The molecule has 63 heavy (non-hydrogen) atoms. The van der Waals surface area contributed by atoms with Gasteiger partial charge < -0.3 is 0 Å². The van der Waals surface area contributed by atoms with E-state index in [9.17, 15) is 0 Å². The molecule has 10 aromatic carbocycles. The van der Waals surface area contributed by atoms with E-state index in [1.165, 1.54) is 121 Å². The predicted octanol–water partition coefficient (Wildman–Crippen LogP) is 17.9. The molecule has 1 aliphatic carbocycles. The molecule has 0 heterocycles. The van der Waals surface area contributed by atoms with Gasteiger partial charge in [0.05, 0.1) is 0 Å². The SMILES string of the molecule is CC(C)(C)c1ccc2c(-c3ccc4cc(-c5ccc6c(c5)C(C)(C)c5cc(-c7ccccc7)ccc5-6)ccc4c3)c3cc(C(C)(C)C)ccc3c(-c3ccc4ccccc4c3)c2c1. The smallest absolute Gasteiger partial charge is 0.0159 e. The number of fused-ring (bicyclic) bond motifs is 7. The standard InChI is InChI=1S/C63H54/c1-61(2,3)49-27-31-54-55(37-49)59(47-22-18-40-16-12-13-17-41(40)33-47)53-30-26-50(62(4,5)6)38-56(53)60(54)48-23-21-42-32-43(19-20-44(42)34-48)46-25-29-52-51-28-24-45(39-14-10-9-11-15-39)35-57(51)63(7,8)58(52)36-46/h9-38H,1-8H3. The van der Waals surface area contributed by atoms with E-state index in [-0.39, 0.29) is 16.2 Å². The van der Waals surface area contributed by atoms with E-state index < -0.39 is 0 Å². The second-order valence-corrected chi connectivity index (χ2v) is 20.6. The van der Waals surface area contributed by atoms with Crippen LogP contribution in [0.3, 0.4) is 0 Å². The van der Waals surface area contributed by atoms with Gasteiger partial charge in [-0.05, 0) is 174 Å². The van der Waals surface area contributed by atoms with Crippen molar-refractivity contribution in [2.24, 2.45) is 0 Å². The van der Waals surface area contributed by atoms with Gasteiger partial charge in [-0.25, -0.2) is 0 Å². The van der Waals surface area contributed by atoms with Crippen LogP contribution in [0.1, 0.15) is 77.6 Å². The molecule has 0 spiro atoms. The van der Waals surface area contributed by atoms with E-state index in [0.717, 1.165) is 0 Å². The van der Waals surface area contributed by atoms with Crippen molar-refractivity contribution in [2.45, 2.75) is 71.6 Å². The van der Waals surface area contributed by atoms with Crippen LogP contribution >= 0.6 is 0 Å². The molecule has 0 unspecified atom stereocenters. The average Bonchev–Trinajstić information content (AvgIpc) is 3.51. The summed E-state index contributed by atoms with van der Waals surface area (Å²) in [6, 6.07) is 69.3. The zero-order valence-electron chi connectivity index (χ0n) is 37.8. The fourth-order valence-corrected chi connectivity index (χ4v) is 10.4. The van der Waals surface area contributed by atoms with E-state index in [1.54, 1.807) is 0 Å². The first-order valence-electron chi connectivity index (χ1n) is 22.7. The Morgan fingerprint density at radius 3 is 1.22 bits per heavy atom. The minimum Gasteiger partial charge on any atom is -0.0622 e. The molecule has 0 heteroatoms. The van der Waals surface area contributed by atoms with Crippen LogP contribution in [0, 0.1) is 0 Å². The van der Waals surface area contributed by atoms with Gasteiger partial charge in [0.1, 0.15) is 0 Å². The summed E-state index contributed by atoms with van der Waals surface area (Å²) in [4.78, 5) is 0. The van der Waals surface area contributed by atoms with Crippen molar-refractivity contribution in [3.05, 3.63) is 204 Å². The summed E-state index contributed by atoms with van der Waals surface area (Å²) in [6.07, 6.45) is 0. The molecule has 0 bridgehead atoms. The van der Waals surface area contributed by atoms with Crippen LogP contribution in [0.4, 0.5) is 0 Å². The molecule has 0 fully saturated rings. The second kappa shape index (κ2) is 14.1. The summed E-state index contributed by atoms with van der Waals surface area (Å²) in [7, 11) is 0. The zero-order valence-corrected chi connectivity index (χ0v) is 37.8. The van der Waals surface area contributed by atoms with Gasteiger partial charge in [-0.1, -0.05) is 195 Å². The topological polar surface area (TPSA) is 0 Å². The Bertz CT molecular complexity index is 3470. The Morgan fingerprint density at radius 1 is 0.302 bits per heavy atom. The monoisotopic (exact) mass is 810 g/mol. The molecule has 10 aromatic rings. The Balaban J connectivity index is 1.06. The molecule has 0 nitrogen and oxygen atoms in total. The van der Waals surface area contributed by atoms with E-state index in [1.807, 2.05) is 0 Å². The average molecular weight is 811 g/mol. The molecule has 0 atom stereocenters. The molecule has 0 amide bonds. The summed E-state index contributed by atoms with van der Waals surface area (Å²) < 4.78 is 0. The summed E-state index contributed by atoms with van der Waals surface area (Å²) in [5, 5.41) is 10.2. The molecule has 0 saturated heterocycles. The van der Waals surface area contributed by atoms with Crippen molar-refractivity contribution >= 4 is 43.1 Å². The van der Waals surface area contributed by atoms with Gasteiger partial charge >= 0.3 is 0 Å². The lowest BCUT2D eigenvalue weighted by Gasteiger charge is -2.25. The highest BCUT2D eigenvalue weighted by Crippen LogP contribution is 2.51.